The van der Waals surface area contributed by atoms with Gasteiger partial charge in [0.25, 0.3) is 11.5 Å². The van der Waals surface area contributed by atoms with E-state index in [2.05, 4.69) is 10.0 Å². The molecule has 2 heterocycles. The van der Waals surface area contributed by atoms with Crippen LogP contribution in [-0.4, -0.2) is 66.2 Å². The third-order valence-corrected chi connectivity index (χ3v) is 6.60. The summed E-state index contributed by atoms with van der Waals surface area (Å²) in [6, 6.07) is 11.1. The van der Waals surface area contributed by atoms with Crippen LogP contribution in [0, 0.1) is 5.41 Å². The highest BCUT2D eigenvalue weighted by molar-refractivity contribution is 7.91. The summed E-state index contributed by atoms with van der Waals surface area (Å²) in [6.45, 7) is 3.53. The van der Waals surface area contributed by atoms with Gasteiger partial charge in [0.2, 0.25) is 15.9 Å². The van der Waals surface area contributed by atoms with Gasteiger partial charge in [-0.05, 0) is 37.5 Å². The zero-order chi connectivity index (χ0) is 28.3. The molecule has 1 amide bonds. The molecular weight excluding hydrogens is 516 g/mol. The van der Waals surface area contributed by atoms with Crippen LogP contribution >= 0.6 is 0 Å². The van der Waals surface area contributed by atoms with E-state index in [1.807, 2.05) is 6.92 Å². The Morgan fingerprint density at radius 2 is 1.87 bits per heavy atom. The summed E-state index contributed by atoms with van der Waals surface area (Å²) in [6.07, 6.45) is 2.19. The zero-order valence-electron chi connectivity index (χ0n) is 21.3. The van der Waals surface area contributed by atoms with Gasteiger partial charge in [-0.15, -0.1) is 0 Å². The molecule has 0 bridgehead atoms. The second-order valence-electron chi connectivity index (χ2n) is 8.46. The second kappa shape index (κ2) is 14.1. The van der Waals surface area contributed by atoms with Crippen molar-refractivity contribution in [1.29, 1.82) is 5.41 Å². The van der Waals surface area contributed by atoms with Crippen molar-refractivity contribution in [2.45, 2.75) is 51.3 Å². The van der Waals surface area contributed by atoms with Crippen LogP contribution in [0.1, 0.15) is 32.3 Å². The fraction of sp³-hybridized carbons (Fsp3) is 0.417. The maximum absolute atomic E-state index is 12.8. The Labute approximate surface area is 221 Å². The quantitative estimate of drug-likeness (QED) is 0.221. The van der Waals surface area contributed by atoms with E-state index < -0.39 is 39.7 Å². The monoisotopic (exact) mass is 550 g/mol. The van der Waals surface area contributed by atoms with Gasteiger partial charge in [-0.1, -0.05) is 30.3 Å². The first-order valence-electron chi connectivity index (χ1n) is 11.9. The van der Waals surface area contributed by atoms with E-state index in [1.165, 1.54) is 18.3 Å². The number of aromatic nitrogens is 1. The Morgan fingerprint density at radius 1 is 1.21 bits per heavy atom. The minimum atomic E-state index is -3.82. The third-order valence-electron chi connectivity index (χ3n) is 5.36. The van der Waals surface area contributed by atoms with Gasteiger partial charge in [-0.25, -0.2) is 8.42 Å². The van der Waals surface area contributed by atoms with E-state index in [0.717, 1.165) is 11.5 Å². The Kier molecular flexibility index (Phi) is 11.3. The molecule has 1 aromatic heterocycles. The van der Waals surface area contributed by atoms with Crippen LogP contribution in [0.2, 0.25) is 0 Å². The summed E-state index contributed by atoms with van der Waals surface area (Å²) in [5.74, 6) is -1.69. The van der Waals surface area contributed by atoms with Crippen molar-refractivity contribution in [3.63, 3.8) is 0 Å². The first kappa shape index (κ1) is 30.3. The van der Waals surface area contributed by atoms with Gasteiger partial charge >= 0.3 is 0 Å². The van der Waals surface area contributed by atoms with Crippen LogP contribution in [0.25, 0.3) is 0 Å². The number of carboxylic acid groups (broad SMARTS) is 1. The number of hydrogen-bond acceptors (Lipinski definition) is 7. The van der Waals surface area contributed by atoms with E-state index in [1.54, 1.807) is 35.2 Å². The third kappa shape index (κ3) is 9.52. The van der Waals surface area contributed by atoms with Gasteiger partial charge in [-0.3, -0.25) is 24.5 Å². The van der Waals surface area contributed by atoms with Crippen LogP contribution in [0.5, 0.6) is 0 Å². The highest BCUT2D eigenvalue weighted by Gasteiger charge is 2.34. The van der Waals surface area contributed by atoms with Crippen molar-refractivity contribution in [2.75, 3.05) is 17.9 Å². The predicted molar refractivity (Wildman–Crippen MR) is 142 cm³/mol. The molecule has 3 rings (SSSR count). The molecule has 1 aliphatic rings. The molecule has 0 saturated carbocycles. The number of hydrogen-bond donors (Lipinski definition) is 5. The summed E-state index contributed by atoms with van der Waals surface area (Å²) >= 11 is 0. The molecule has 2 atom stereocenters. The fourth-order valence-electron chi connectivity index (χ4n) is 3.89. The normalized spacial score (nSPS) is 17.1. The number of nitrogens with one attached hydrogen (secondary N) is 3. The molecule has 1 saturated heterocycles. The SMILES string of the molecule is CC(=O)O.CCOC1C(NC(=O)Cn2cccc(NS(=O)(=O)Cc3ccccc3)c2=O)CCCN1C(=N)N. The number of pyridine rings is 1. The van der Waals surface area contributed by atoms with Gasteiger partial charge < -0.3 is 30.4 Å². The topological polar surface area (TPSA) is 197 Å². The molecule has 0 aliphatic carbocycles. The molecular formula is C24H34N6O7S. The predicted octanol–water partition coefficient (Wildman–Crippen LogP) is 0.718. The lowest BCUT2D eigenvalue weighted by molar-refractivity contribution is -0.134. The van der Waals surface area contributed by atoms with E-state index in [0.29, 0.717) is 31.6 Å². The minimum absolute atomic E-state index is 0.135. The summed E-state index contributed by atoms with van der Waals surface area (Å²) in [4.78, 5) is 36.1. The highest BCUT2D eigenvalue weighted by atomic mass is 32.2. The minimum Gasteiger partial charge on any atom is -0.481 e. The standard InChI is InChI=1S/C22H30N6O5S.C2H4O2/c1-2-33-21-18(11-7-13-28(21)22(23)24)25-19(29)14-27-12-6-10-17(20(27)30)26-34(31,32)15-16-8-4-3-5-9-16;1-2(3)4/h3-6,8-10,12,18,21,26H,2,7,11,13-15H2,1H3,(H3,23,24)(H,25,29);1H3,(H,3,4). The number of likely N-dealkylation sites (tertiary alicyclic amines) is 1. The molecule has 14 heteroatoms. The van der Waals surface area contributed by atoms with Crippen molar-refractivity contribution < 1.29 is 27.9 Å². The van der Waals surface area contributed by atoms with Crippen LogP contribution in [0.15, 0.2) is 53.5 Å². The van der Waals surface area contributed by atoms with Crippen LogP contribution < -0.4 is 21.3 Å². The number of carboxylic acids is 1. The molecule has 6 N–H and O–H groups in total. The number of anilines is 1. The molecule has 0 radical (unpaired) electrons. The summed E-state index contributed by atoms with van der Waals surface area (Å²) in [5.41, 5.74) is 5.47. The first-order chi connectivity index (χ1) is 17.9. The van der Waals surface area contributed by atoms with Crippen molar-refractivity contribution in [3.05, 3.63) is 64.6 Å². The van der Waals surface area contributed by atoms with Gasteiger partial charge in [0.05, 0.1) is 11.8 Å². The summed E-state index contributed by atoms with van der Waals surface area (Å²) in [5, 5.41) is 18.0. The summed E-state index contributed by atoms with van der Waals surface area (Å²) < 4.78 is 34.2. The Bertz CT molecular complexity index is 1260. The number of amides is 1. The molecule has 208 valence electrons. The number of rotatable bonds is 9. The number of benzene rings is 1. The van der Waals surface area contributed by atoms with Crippen molar-refractivity contribution in [1.82, 2.24) is 14.8 Å². The lowest BCUT2D eigenvalue weighted by Gasteiger charge is -2.41. The number of carbonyl (C=O) groups excluding carboxylic acids is 1. The largest absolute Gasteiger partial charge is 0.481 e. The number of ether oxygens (including phenoxy) is 1. The number of nitrogens with two attached hydrogens (primary N) is 1. The molecule has 1 aliphatic heterocycles. The Balaban J connectivity index is 0.00000118. The van der Waals surface area contributed by atoms with Gasteiger partial charge in [0, 0.05) is 26.3 Å². The van der Waals surface area contributed by atoms with E-state index in [4.69, 9.17) is 25.8 Å². The van der Waals surface area contributed by atoms with Crippen molar-refractivity contribution >= 4 is 33.5 Å². The van der Waals surface area contributed by atoms with E-state index >= 15 is 0 Å². The molecule has 0 spiro atoms. The Morgan fingerprint density at radius 3 is 2.47 bits per heavy atom. The number of nitrogens with zero attached hydrogens (tertiary/aromatic N) is 2. The van der Waals surface area contributed by atoms with E-state index in [-0.39, 0.29) is 23.9 Å². The lowest BCUT2D eigenvalue weighted by atomic mass is 10.0. The average Bonchev–Trinajstić information content (AvgIpc) is 2.82. The molecule has 38 heavy (non-hydrogen) atoms. The van der Waals surface area contributed by atoms with Crippen molar-refractivity contribution in [3.8, 4) is 0 Å². The number of piperidine rings is 1. The van der Waals surface area contributed by atoms with Gasteiger partial charge in [0.15, 0.2) is 12.2 Å². The molecule has 2 aromatic rings. The highest BCUT2D eigenvalue weighted by Crippen LogP contribution is 2.18. The van der Waals surface area contributed by atoms with Gasteiger partial charge in [-0.2, -0.15) is 0 Å². The molecule has 13 nitrogen and oxygen atoms in total. The van der Waals surface area contributed by atoms with E-state index in [9.17, 15) is 18.0 Å². The van der Waals surface area contributed by atoms with Crippen LogP contribution in [0.4, 0.5) is 5.69 Å². The zero-order valence-corrected chi connectivity index (χ0v) is 22.1. The van der Waals surface area contributed by atoms with Gasteiger partial charge in [0.1, 0.15) is 12.2 Å². The lowest BCUT2D eigenvalue weighted by Crippen LogP contribution is -2.59. The fourth-order valence-corrected chi connectivity index (χ4v) is 5.08. The number of aliphatic carboxylic acids is 1. The molecule has 1 aromatic carbocycles. The maximum Gasteiger partial charge on any atom is 0.300 e. The van der Waals surface area contributed by atoms with Crippen molar-refractivity contribution in [2.24, 2.45) is 5.73 Å². The number of guanidine groups is 1. The number of sulfonamides is 1. The molecule has 2 unspecified atom stereocenters. The Hall–Kier alpha value is -3.91. The average molecular weight is 551 g/mol. The summed E-state index contributed by atoms with van der Waals surface area (Å²) in [7, 11) is -3.82. The maximum atomic E-state index is 12.8. The second-order valence-corrected chi connectivity index (χ2v) is 10.2. The smallest absolute Gasteiger partial charge is 0.300 e. The molecule has 1 fully saturated rings. The number of carbonyl (C=O) groups is 2. The van der Waals surface area contributed by atoms with Crippen LogP contribution in [-0.2, 0) is 36.6 Å². The first-order valence-corrected chi connectivity index (χ1v) is 13.5. The van der Waals surface area contributed by atoms with Crippen LogP contribution in [0.3, 0.4) is 0 Å².